The highest BCUT2D eigenvalue weighted by molar-refractivity contribution is 6.32. The van der Waals surface area contributed by atoms with Gasteiger partial charge in [-0.2, -0.15) is 0 Å². The zero-order valence-corrected chi connectivity index (χ0v) is 16.1. The molecule has 0 radical (unpaired) electrons. The lowest BCUT2D eigenvalue weighted by atomic mass is 9.79. The molecule has 0 bridgehead atoms. The van der Waals surface area contributed by atoms with Gasteiger partial charge < -0.3 is 20.1 Å². The summed E-state index contributed by atoms with van der Waals surface area (Å²) in [6.45, 7) is 3.08. The van der Waals surface area contributed by atoms with Gasteiger partial charge in [-0.3, -0.25) is 9.78 Å². The highest BCUT2D eigenvalue weighted by atomic mass is 35.5. The summed E-state index contributed by atoms with van der Waals surface area (Å²) in [6, 6.07) is 8.52. The van der Waals surface area contributed by atoms with Crippen molar-refractivity contribution in [2.75, 3.05) is 33.4 Å². The van der Waals surface area contributed by atoms with Crippen LogP contribution in [0.5, 0.6) is 11.5 Å². The highest BCUT2D eigenvalue weighted by Gasteiger charge is 2.32. The van der Waals surface area contributed by atoms with Gasteiger partial charge in [-0.1, -0.05) is 11.6 Å². The van der Waals surface area contributed by atoms with Crippen LogP contribution in [0.25, 0.3) is 0 Å². The van der Waals surface area contributed by atoms with Crippen LogP contribution in [-0.2, 0) is 4.74 Å². The number of pyridine rings is 1. The number of carbonyl (C=O) groups excluding carboxylic acids is 1. The molecule has 1 amide bonds. The predicted molar refractivity (Wildman–Crippen MR) is 105 cm³/mol. The van der Waals surface area contributed by atoms with E-state index in [4.69, 9.17) is 21.1 Å². The van der Waals surface area contributed by atoms with Crippen LogP contribution in [0.4, 0.5) is 0 Å². The Labute approximate surface area is 164 Å². The van der Waals surface area contributed by atoms with Gasteiger partial charge in [0.2, 0.25) is 0 Å². The van der Waals surface area contributed by atoms with Crippen molar-refractivity contribution in [1.82, 2.24) is 15.6 Å². The molecule has 1 fully saturated rings. The molecule has 1 aromatic carbocycles. The van der Waals surface area contributed by atoms with E-state index >= 15 is 0 Å². The Balaban J connectivity index is 1.63. The van der Waals surface area contributed by atoms with Gasteiger partial charge in [0, 0.05) is 37.0 Å². The zero-order chi connectivity index (χ0) is 19.1. The molecule has 1 aliphatic heterocycles. The van der Waals surface area contributed by atoms with E-state index in [0.717, 1.165) is 25.9 Å². The standard InChI is InChI=1S/C20H24ClN3O3/c1-26-14-20(6-10-23-11-7-20)13-24-19(25)15-2-3-18(17(21)12-15)27-16-4-8-22-9-5-16/h2-5,8-9,12,23H,6-7,10-11,13-14H2,1H3,(H,24,25). The summed E-state index contributed by atoms with van der Waals surface area (Å²) in [5.41, 5.74) is 0.479. The zero-order valence-electron chi connectivity index (χ0n) is 15.3. The predicted octanol–water partition coefficient (Wildman–Crippen LogP) is 3.27. The summed E-state index contributed by atoms with van der Waals surface area (Å²) in [5, 5.41) is 6.77. The van der Waals surface area contributed by atoms with Crippen molar-refractivity contribution >= 4 is 17.5 Å². The Hall–Kier alpha value is -2.15. The third kappa shape index (κ3) is 5.19. The first-order valence-electron chi connectivity index (χ1n) is 8.97. The van der Waals surface area contributed by atoms with Crippen molar-refractivity contribution in [2.24, 2.45) is 5.41 Å². The molecular formula is C20H24ClN3O3. The third-order valence-corrected chi connectivity index (χ3v) is 5.11. The van der Waals surface area contributed by atoms with Gasteiger partial charge in [0.25, 0.3) is 5.91 Å². The van der Waals surface area contributed by atoms with Crippen LogP contribution in [0.3, 0.4) is 0 Å². The first kappa shape index (κ1) is 19.6. The molecule has 7 heteroatoms. The lowest BCUT2D eigenvalue weighted by Crippen LogP contribution is -2.47. The van der Waals surface area contributed by atoms with E-state index in [1.165, 1.54) is 0 Å². The number of amides is 1. The Morgan fingerprint density at radius 3 is 2.67 bits per heavy atom. The van der Waals surface area contributed by atoms with Crippen LogP contribution in [0, 0.1) is 5.41 Å². The van der Waals surface area contributed by atoms with Crippen LogP contribution in [0.1, 0.15) is 23.2 Å². The van der Waals surface area contributed by atoms with Crippen LogP contribution in [0.15, 0.2) is 42.7 Å². The van der Waals surface area contributed by atoms with E-state index in [1.54, 1.807) is 49.8 Å². The molecule has 2 heterocycles. The molecule has 1 aromatic heterocycles. The number of benzene rings is 1. The smallest absolute Gasteiger partial charge is 0.251 e. The highest BCUT2D eigenvalue weighted by Crippen LogP contribution is 2.31. The van der Waals surface area contributed by atoms with Gasteiger partial charge >= 0.3 is 0 Å². The Morgan fingerprint density at radius 2 is 2.00 bits per heavy atom. The summed E-state index contributed by atoms with van der Waals surface area (Å²) in [6.07, 6.45) is 5.23. The van der Waals surface area contributed by atoms with Crippen molar-refractivity contribution in [2.45, 2.75) is 12.8 Å². The summed E-state index contributed by atoms with van der Waals surface area (Å²) in [7, 11) is 1.70. The third-order valence-electron chi connectivity index (χ3n) is 4.81. The lowest BCUT2D eigenvalue weighted by molar-refractivity contribution is 0.0512. The molecule has 0 spiro atoms. The Morgan fingerprint density at radius 1 is 1.26 bits per heavy atom. The minimum absolute atomic E-state index is 0.0240. The van der Waals surface area contributed by atoms with Crippen LogP contribution in [0.2, 0.25) is 5.02 Å². The van der Waals surface area contributed by atoms with E-state index in [-0.39, 0.29) is 11.3 Å². The first-order chi connectivity index (χ1) is 13.1. The maximum atomic E-state index is 12.6. The normalized spacial score (nSPS) is 15.9. The SMILES string of the molecule is COCC1(CNC(=O)c2ccc(Oc3ccncc3)c(Cl)c2)CCNCC1. The van der Waals surface area contributed by atoms with E-state index in [2.05, 4.69) is 15.6 Å². The van der Waals surface area contributed by atoms with Crippen molar-refractivity contribution in [3.8, 4) is 11.5 Å². The summed E-state index contributed by atoms with van der Waals surface area (Å²) < 4.78 is 11.1. The summed E-state index contributed by atoms with van der Waals surface area (Å²) >= 11 is 6.30. The quantitative estimate of drug-likeness (QED) is 0.760. The number of piperidine rings is 1. The van der Waals surface area contributed by atoms with Crippen LogP contribution in [-0.4, -0.2) is 44.2 Å². The van der Waals surface area contributed by atoms with E-state index < -0.39 is 0 Å². The molecule has 27 heavy (non-hydrogen) atoms. The van der Waals surface area contributed by atoms with Crippen molar-refractivity contribution in [1.29, 1.82) is 0 Å². The number of halogens is 1. The molecule has 0 atom stereocenters. The number of carbonyl (C=O) groups is 1. The average Bonchev–Trinajstić information content (AvgIpc) is 2.69. The number of aromatic nitrogens is 1. The fourth-order valence-electron chi connectivity index (χ4n) is 3.26. The van der Waals surface area contributed by atoms with Gasteiger partial charge in [-0.05, 0) is 56.3 Å². The molecule has 144 valence electrons. The molecule has 0 unspecified atom stereocenters. The number of hydrogen-bond acceptors (Lipinski definition) is 5. The molecule has 0 saturated carbocycles. The maximum Gasteiger partial charge on any atom is 0.251 e. The topological polar surface area (TPSA) is 72.5 Å². The number of ether oxygens (including phenoxy) is 2. The second-order valence-electron chi connectivity index (χ2n) is 6.80. The number of nitrogens with zero attached hydrogens (tertiary/aromatic N) is 1. The average molecular weight is 390 g/mol. The maximum absolute atomic E-state index is 12.6. The lowest BCUT2D eigenvalue weighted by Gasteiger charge is -2.37. The Kier molecular flexibility index (Phi) is 6.66. The largest absolute Gasteiger partial charge is 0.456 e. The number of methoxy groups -OCH3 is 1. The summed E-state index contributed by atoms with van der Waals surface area (Å²) in [5.74, 6) is 0.978. The van der Waals surface area contributed by atoms with Gasteiger partial charge in [0.1, 0.15) is 11.5 Å². The van der Waals surface area contributed by atoms with Gasteiger partial charge in [-0.25, -0.2) is 0 Å². The molecule has 6 nitrogen and oxygen atoms in total. The molecule has 2 aromatic rings. The number of rotatable bonds is 7. The molecule has 1 aliphatic rings. The first-order valence-corrected chi connectivity index (χ1v) is 9.35. The van der Waals surface area contributed by atoms with Gasteiger partial charge in [0.05, 0.1) is 11.6 Å². The van der Waals surface area contributed by atoms with Gasteiger partial charge in [0.15, 0.2) is 0 Å². The fourth-order valence-corrected chi connectivity index (χ4v) is 3.48. The van der Waals surface area contributed by atoms with Crippen LogP contribution >= 0.6 is 11.6 Å². The molecule has 1 saturated heterocycles. The monoisotopic (exact) mass is 389 g/mol. The van der Waals surface area contributed by atoms with Crippen LogP contribution < -0.4 is 15.4 Å². The van der Waals surface area contributed by atoms with Crippen molar-refractivity contribution in [3.63, 3.8) is 0 Å². The molecule has 2 N–H and O–H groups in total. The second-order valence-corrected chi connectivity index (χ2v) is 7.20. The molecule has 3 rings (SSSR count). The minimum atomic E-state index is -0.152. The van der Waals surface area contributed by atoms with E-state index in [9.17, 15) is 4.79 Å². The fraction of sp³-hybridized carbons (Fsp3) is 0.400. The number of hydrogen-bond donors (Lipinski definition) is 2. The molecular weight excluding hydrogens is 366 g/mol. The second kappa shape index (κ2) is 9.17. The van der Waals surface area contributed by atoms with E-state index in [1.807, 2.05) is 0 Å². The molecule has 0 aliphatic carbocycles. The summed E-state index contributed by atoms with van der Waals surface area (Å²) in [4.78, 5) is 16.5. The van der Waals surface area contributed by atoms with E-state index in [0.29, 0.717) is 35.2 Å². The van der Waals surface area contributed by atoms with Crippen molar-refractivity contribution < 1.29 is 14.3 Å². The minimum Gasteiger partial charge on any atom is -0.456 e. The number of nitrogens with one attached hydrogen (secondary N) is 2. The van der Waals surface area contributed by atoms with Crippen molar-refractivity contribution in [3.05, 3.63) is 53.3 Å². The Bertz CT molecular complexity index is 759. The van der Waals surface area contributed by atoms with Gasteiger partial charge in [-0.15, -0.1) is 0 Å².